The molecule has 1 aromatic rings. The molecule has 124 valence electrons. The van der Waals surface area contributed by atoms with E-state index in [1.807, 2.05) is 30.3 Å². The smallest absolute Gasteiger partial charge is 0.224 e. The zero-order valence-electron chi connectivity index (χ0n) is 12.8. The first kappa shape index (κ1) is 18.9. The summed E-state index contributed by atoms with van der Waals surface area (Å²) in [7, 11) is -3.08. The molecule has 1 saturated heterocycles. The van der Waals surface area contributed by atoms with Crippen LogP contribution in [0.1, 0.15) is 31.9 Å². The fourth-order valence-electron chi connectivity index (χ4n) is 2.64. The third kappa shape index (κ3) is 4.00. The van der Waals surface area contributed by atoms with Crippen LogP contribution >= 0.6 is 12.4 Å². The van der Waals surface area contributed by atoms with E-state index < -0.39 is 15.1 Å². The van der Waals surface area contributed by atoms with Crippen LogP contribution in [0.15, 0.2) is 30.3 Å². The first-order valence-corrected chi connectivity index (χ1v) is 8.86. The maximum absolute atomic E-state index is 12.4. The van der Waals surface area contributed by atoms with Gasteiger partial charge in [-0.05, 0) is 19.4 Å². The van der Waals surface area contributed by atoms with Crippen LogP contribution in [0, 0.1) is 0 Å². The number of carbonyl (C=O) groups is 1. The van der Waals surface area contributed by atoms with Crippen LogP contribution in [-0.2, 0) is 14.6 Å². The number of sulfone groups is 1. The van der Waals surface area contributed by atoms with E-state index >= 15 is 0 Å². The first-order valence-electron chi connectivity index (χ1n) is 7.14. The number of nitrogens with zero attached hydrogens (tertiary/aromatic N) is 1. The van der Waals surface area contributed by atoms with E-state index in [0.29, 0.717) is 0 Å². The maximum Gasteiger partial charge on any atom is 0.224 e. The Hall–Kier alpha value is -1.11. The summed E-state index contributed by atoms with van der Waals surface area (Å²) in [5, 5.41) is -0.525. The maximum atomic E-state index is 12.4. The molecule has 0 radical (unpaired) electrons. The van der Waals surface area contributed by atoms with E-state index in [0.717, 1.165) is 5.56 Å². The Morgan fingerprint density at radius 1 is 1.32 bits per heavy atom. The van der Waals surface area contributed by atoms with Crippen molar-refractivity contribution in [1.29, 1.82) is 0 Å². The lowest BCUT2D eigenvalue weighted by molar-refractivity contribution is -0.133. The van der Waals surface area contributed by atoms with E-state index in [1.54, 1.807) is 18.7 Å². The Balaban J connectivity index is 0.00000242. The van der Waals surface area contributed by atoms with Crippen molar-refractivity contribution in [3.63, 3.8) is 0 Å². The molecule has 2 rings (SSSR count). The number of nitrogens with two attached hydrogens (primary N) is 1. The van der Waals surface area contributed by atoms with E-state index in [-0.39, 0.29) is 49.1 Å². The van der Waals surface area contributed by atoms with Crippen LogP contribution < -0.4 is 5.73 Å². The summed E-state index contributed by atoms with van der Waals surface area (Å²) in [5.41, 5.74) is 6.98. The summed E-state index contributed by atoms with van der Waals surface area (Å²) in [6.45, 7) is 3.71. The first-order chi connectivity index (χ1) is 9.83. The van der Waals surface area contributed by atoms with Crippen molar-refractivity contribution in [2.75, 3.05) is 12.3 Å². The van der Waals surface area contributed by atoms with Crippen LogP contribution in [0.5, 0.6) is 0 Å². The highest BCUT2D eigenvalue weighted by Crippen LogP contribution is 2.22. The van der Waals surface area contributed by atoms with Gasteiger partial charge in [0.1, 0.15) is 0 Å². The predicted octanol–water partition coefficient (Wildman–Crippen LogP) is 1.53. The third-order valence-electron chi connectivity index (χ3n) is 4.30. The molecule has 1 heterocycles. The van der Waals surface area contributed by atoms with Crippen molar-refractivity contribution in [2.24, 2.45) is 5.73 Å². The van der Waals surface area contributed by atoms with Gasteiger partial charge in [-0.15, -0.1) is 12.4 Å². The average Bonchev–Trinajstić information content (AvgIpc) is 2.45. The number of benzene rings is 1. The Bertz CT molecular complexity index is 606. The van der Waals surface area contributed by atoms with Gasteiger partial charge in [0.2, 0.25) is 5.91 Å². The molecule has 3 unspecified atom stereocenters. The fraction of sp³-hybridized carbons (Fsp3) is 0.533. The number of hydrogen-bond acceptors (Lipinski definition) is 4. The monoisotopic (exact) mass is 346 g/mol. The molecule has 3 atom stereocenters. The highest BCUT2D eigenvalue weighted by molar-refractivity contribution is 7.92. The quantitative estimate of drug-likeness (QED) is 0.900. The van der Waals surface area contributed by atoms with Crippen LogP contribution in [0.2, 0.25) is 0 Å². The van der Waals surface area contributed by atoms with Gasteiger partial charge in [0.15, 0.2) is 9.84 Å². The van der Waals surface area contributed by atoms with Gasteiger partial charge in [-0.3, -0.25) is 4.79 Å². The summed E-state index contributed by atoms with van der Waals surface area (Å²) in [6.07, 6.45) is 0.196. The van der Waals surface area contributed by atoms with E-state index in [9.17, 15) is 13.2 Å². The fourth-order valence-corrected chi connectivity index (χ4v) is 4.21. The Morgan fingerprint density at radius 3 is 2.50 bits per heavy atom. The van der Waals surface area contributed by atoms with Crippen molar-refractivity contribution in [2.45, 2.75) is 37.6 Å². The molecule has 1 aliphatic rings. The minimum absolute atomic E-state index is 0. The Kier molecular flexibility index (Phi) is 6.40. The van der Waals surface area contributed by atoms with Crippen LogP contribution in [0.25, 0.3) is 0 Å². The summed E-state index contributed by atoms with van der Waals surface area (Å²) in [6, 6.07) is 8.79. The Labute approximate surface area is 138 Å². The highest BCUT2D eigenvalue weighted by atomic mass is 35.5. The second-order valence-electron chi connectivity index (χ2n) is 5.62. The van der Waals surface area contributed by atoms with Crippen molar-refractivity contribution >= 4 is 28.2 Å². The van der Waals surface area contributed by atoms with Crippen molar-refractivity contribution in [1.82, 2.24) is 4.90 Å². The molecule has 0 aliphatic carbocycles. The topological polar surface area (TPSA) is 80.5 Å². The lowest BCUT2D eigenvalue weighted by Crippen LogP contribution is -2.54. The van der Waals surface area contributed by atoms with Gasteiger partial charge < -0.3 is 10.6 Å². The molecule has 0 spiro atoms. The zero-order valence-corrected chi connectivity index (χ0v) is 14.4. The zero-order chi connectivity index (χ0) is 15.6. The lowest BCUT2D eigenvalue weighted by Gasteiger charge is -2.38. The van der Waals surface area contributed by atoms with Gasteiger partial charge in [0, 0.05) is 25.0 Å². The van der Waals surface area contributed by atoms with Crippen molar-refractivity contribution in [3.8, 4) is 0 Å². The van der Waals surface area contributed by atoms with Gasteiger partial charge >= 0.3 is 0 Å². The minimum Gasteiger partial charge on any atom is -0.338 e. The number of halogens is 1. The summed E-state index contributed by atoms with van der Waals surface area (Å²) >= 11 is 0. The van der Waals surface area contributed by atoms with Gasteiger partial charge in [0.05, 0.1) is 11.0 Å². The second kappa shape index (κ2) is 7.44. The minimum atomic E-state index is -3.08. The average molecular weight is 347 g/mol. The van der Waals surface area contributed by atoms with Gasteiger partial charge in [-0.1, -0.05) is 30.3 Å². The molecule has 0 saturated carbocycles. The standard InChI is InChI=1S/C15H22N2O3S.ClH/c1-11-12(2)21(19,20)9-8-17(11)15(18)10-14(16)13-6-4-3-5-7-13;/h3-7,11-12,14H,8-10,16H2,1-2H3;1H. The SMILES string of the molecule is CC1C(C)S(=O)(=O)CCN1C(=O)CC(N)c1ccccc1.Cl. The number of amides is 1. The molecule has 5 nitrogen and oxygen atoms in total. The van der Waals surface area contributed by atoms with Gasteiger partial charge in [0.25, 0.3) is 0 Å². The molecule has 1 fully saturated rings. The van der Waals surface area contributed by atoms with E-state index in [1.165, 1.54) is 0 Å². The molecule has 1 aliphatic heterocycles. The number of rotatable bonds is 3. The van der Waals surface area contributed by atoms with Crippen LogP contribution in [-0.4, -0.2) is 42.8 Å². The van der Waals surface area contributed by atoms with Gasteiger partial charge in [-0.2, -0.15) is 0 Å². The lowest BCUT2D eigenvalue weighted by atomic mass is 10.0. The third-order valence-corrected chi connectivity index (χ3v) is 6.58. The van der Waals surface area contributed by atoms with Crippen LogP contribution in [0.4, 0.5) is 0 Å². The molecule has 1 aromatic carbocycles. The van der Waals surface area contributed by atoms with E-state index in [4.69, 9.17) is 5.73 Å². The normalized spacial score (nSPS) is 25.1. The van der Waals surface area contributed by atoms with E-state index in [2.05, 4.69) is 0 Å². The number of carbonyl (C=O) groups excluding carboxylic acids is 1. The molecule has 0 aromatic heterocycles. The summed E-state index contributed by atoms with van der Waals surface area (Å²) < 4.78 is 23.7. The Morgan fingerprint density at radius 2 is 1.91 bits per heavy atom. The molecule has 0 bridgehead atoms. The second-order valence-corrected chi connectivity index (χ2v) is 8.10. The highest BCUT2D eigenvalue weighted by Gasteiger charge is 2.38. The van der Waals surface area contributed by atoms with Crippen molar-refractivity contribution in [3.05, 3.63) is 35.9 Å². The molecular formula is C15H23ClN2O3S. The molecule has 1 amide bonds. The summed E-state index contributed by atoms with van der Waals surface area (Å²) in [5.74, 6) is -0.0502. The number of hydrogen-bond donors (Lipinski definition) is 1. The van der Waals surface area contributed by atoms with Crippen molar-refractivity contribution < 1.29 is 13.2 Å². The largest absolute Gasteiger partial charge is 0.338 e. The molecule has 2 N–H and O–H groups in total. The predicted molar refractivity (Wildman–Crippen MR) is 89.7 cm³/mol. The van der Waals surface area contributed by atoms with Gasteiger partial charge in [-0.25, -0.2) is 8.42 Å². The van der Waals surface area contributed by atoms with Crippen LogP contribution in [0.3, 0.4) is 0 Å². The summed E-state index contributed by atoms with van der Waals surface area (Å²) in [4.78, 5) is 14.0. The molecule has 22 heavy (non-hydrogen) atoms. The molecular weight excluding hydrogens is 324 g/mol. The molecule has 7 heteroatoms.